The van der Waals surface area contributed by atoms with Crippen LogP contribution in [0.2, 0.25) is 5.02 Å². The summed E-state index contributed by atoms with van der Waals surface area (Å²) in [4.78, 5) is 14.7. The van der Waals surface area contributed by atoms with Gasteiger partial charge in [0.05, 0.1) is 11.4 Å². The fourth-order valence-corrected chi connectivity index (χ4v) is 6.00. The molecule has 0 radical (unpaired) electrons. The quantitative estimate of drug-likeness (QED) is 0.329. The Kier molecular flexibility index (Phi) is 7.25. The van der Waals surface area contributed by atoms with E-state index in [2.05, 4.69) is 35.4 Å². The molecule has 1 aromatic heterocycles. The van der Waals surface area contributed by atoms with Gasteiger partial charge in [-0.05, 0) is 67.2 Å². The molecular formula is C22H22ClN3OS3. The molecule has 0 atom stereocenters. The summed E-state index contributed by atoms with van der Waals surface area (Å²) in [7, 11) is 0. The molecule has 3 aromatic rings. The van der Waals surface area contributed by atoms with Crippen LogP contribution in [0.4, 0.5) is 0 Å². The van der Waals surface area contributed by atoms with E-state index in [-0.39, 0.29) is 5.91 Å². The topological polar surface area (TPSA) is 38.1 Å². The highest BCUT2D eigenvalue weighted by atomic mass is 35.5. The molecule has 0 bridgehead atoms. The average molecular weight is 476 g/mol. The molecule has 2 aromatic carbocycles. The molecule has 8 heteroatoms. The van der Waals surface area contributed by atoms with Gasteiger partial charge in [0.15, 0.2) is 8.29 Å². The number of hydrogen-bond acceptors (Lipinski definition) is 5. The van der Waals surface area contributed by atoms with Crippen molar-refractivity contribution >= 4 is 52.8 Å². The number of aromatic nitrogens is 2. The van der Waals surface area contributed by atoms with E-state index in [4.69, 9.17) is 23.8 Å². The van der Waals surface area contributed by atoms with Crippen LogP contribution < -0.4 is 0 Å². The normalized spacial score (nSPS) is 14.8. The summed E-state index contributed by atoms with van der Waals surface area (Å²) in [6, 6.07) is 18.0. The van der Waals surface area contributed by atoms with Crippen molar-refractivity contribution in [2.24, 2.45) is 5.92 Å². The number of hydrogen-bond donors (Lipinski definition) is 0. The number of carbonyl (C=O) groups excluding carboxylic acids is 1. The Morgan fingerprint density at radius 1 is 1.13 bits per heavy atom. The molecule has 2 heterocycles. The van der Waals surface area contributed by atoms with E-state index in [0.717, 1.165) is 42.4 Å². The molecule has 1 aliphatic rings. The van der Waals surface area contributed by atoms with Crippen LogP contribution in [0.3, 0.4) is 0 Å². The van der Waals surface area contributed by atoms with Crippen LogP contribution in [0.15, 0.2) is 58.9 Å². The van der Waals surface area contributed by atoms with Gasteiger partial charge in [-0.15, -0.1) is 5.10 Å². The maximum absolute atomic E-state index is 12.7. The predicted octanol–water partition coefficient (Wildman–Crippen LogP) is 5.89. The SMILES string of the molecule is O=C(CSc1nn(-c2ccc(Cl)cc2)c(=S)s1)N1CCC(Cc2ccccc2)CC1. The van der Waals surface area contributed by atoms with Crippen LogP contribution in [0, 0.1) is 9.87 Å². The second-order valence-electron chi connectivity index (χ2n) is 7.32. The Hall–Kier alpha value is -1.67. The summed E-state index contributed by atoms with van der Waals surface area (Å²) in [5.74, 6) is 1.23. The summed E-state index contributed by atoms with van der Waals surface area (Å²) in [5.41, 5.74) is 2.26. The summed E-state index contributed by atoms with van der Waals surface area (Å²) < 4.78 is 3.19. The standard InChI is InChI=1S/C22H22ClN3OS3/c23-18-6-8-19(9-7-18)26-22(28)30-21(24-26)29-15-20(27)25-12-10-17(11-13-25)14-16-4-2-1-3-5-16/h1-9,17H,10-15H2. The van der Waals surface area contributed by atoms with Crippen LogP contribution in [0.1, 0.15) is 18.4 Å². The first kappa shape index (κ1) is 21.6. The highest BCUT2D eigenvalue weighted by Gasteiger charge is 2.23. The van der Waals surface area contributed by atoms with Crippen LogP contribution in [-0.2, 0) is 11.2 Å². The van der Waals surface area contributed by atoms with E-state index in [9.17, 15) is 4.79 Å². The summed E-state index contributed by atoms with van der Waals surface area (Å²) in [5, 5.41) is 5.24. The number of amides is 1. The molecule has 0 spiro atoms. The van der Waals surface area contributed by atoms with Gasteiger partial charge in [-0.2, -0.15) is 0 Å². The van der Waals surface area contributed by atoms with Gasteiger partial charge in [-0.3, -0.25) is 4.79 Å². The lowest BCUT2D eigenvalue weighted by Crippen LogP contribution is -2.39. The number of carbonyl (C=O) groups is 1. The van der Waals surface area contributed by atoms with Crippen molar-refractivity contribution in [3.63, 3.8) is 0 Å². The number of piperidine rings is 1. The van der Waals surface area contributed by atoms with Gasteiger partial charge < -0.3 is 4.90 Å². The number of thioether (sulfide) groups is 1. The number of likely N-dealkylation sites (tertiary alicyclic amines) is 1. The van der Waals surface area contributed by atoms with Gasteiger partial charge in [0.2, 0.25) is 5.91 Å². The summed E-state index contributed by atoms with van der Waals surface area (Å²) in [6.07, 6.45) is 3.23. The molecule has 0 N–H and O–H groups in total. The third-order valence-electron chi connectivity index (χ3n) is 5.25. The molecular weight excluding hydrogens is 454 g/mol. The Bertz CT molecular complexity index is 1040. The van der Waals surface area contributed by atoms with E-state index in [0.29, 0.717) is 20.6 Å². The smallest absolute Gasteiger partial charge is 0.233 e. The lowest BCUT2D eigenvalue weighted by Gasteiger charge is -2.32. The van der Waals surface area contributed by atoms with Crippen molar-refractivity contribution in [1.82, 2.24) is 14.7 Å². The van der Waals surface area contributed by atoms with Gasteiger partial charge in [0.25, 0.3) is 0 Å². The molecule has 4 rings (SSSR count). The highest BCUT2D eigenvalue weighted by molar-refractivity contribution is 8.01. The Labute approximate surface area is 194 Å². The second kappa shape index (κ2) is 10.1. The van der Waals surface area contributed by atoms with Crippen LogP contribution in [0.5, 0.6) is 0 Å². The fourth-order valence-electron chi connectivity index (χ4n) is 3.61. The van der Waals surface area contributed by atoms with Crippen molar-refractivity contribution in [1.29, 1.82) is 0 Å². The summed E-state index contributed by atoms with van der Waals surface area (Å²) >= 11 is 14.3. The third-order valence-corrected chi connectivity index (χ3v) is 7.86. The average Bonchev–Trinajstić information content (AvgIpc) is 3.14. The van der Waals surface area contributed by atoms with E-state index in [1.54, 1.807) is 4.68 Å². The minimum atomic E-state index is 0.178. The fraction of sp³-hybridized carbons (Fsp3) is 0.318. The van der Waals surface area contributed by atoms with E-state index in [1.807, 2.05) is 29.2 Å². The first-order valence-electron chi connectivity index (χ1n) is 9.89. The van der Waals surface area contributed by atoms with Crippen molar-refractivity contribution in [2.75, 3.05) is 18.8 Å². The second-order valence-corrected chi connectivity index (χ2v) is 10.6. The molecule has 0 aliphatic carbocycles. The zero-order valence-electron chi connectivity index (χ0n) is 16.4. The predicted molar refractivity (Wildman–Crippen MR) is 127 cm³/mol. The van der Waals surface area contributed by atoms with E-state index >= 15 is 0 Å². The molecule has 4 nitrogen and oxygen atoms in total. The third kappa shape index (κ3) is 5.52. The highest BCUT2D eigenvalue weighted by Crippen LogP contribution is 2.26. The monoisotopic (exact) mass is 475 g/mol. The Morgan fingerprint density at radius 3 is 2.53 bits per heavy atom. The van der Waals surface area contributed by atoms with Crippen molar-refractivity contribution in [3.8, 4) is 5.69 Å². The Balaban J connectivity index is 1.28. The van der Waals surface area contributed by atoms with Crippen molar-refractivity contribution < 1.29 is 4.79 Å². The van der Waals surface area contributed by atoms with E-state index in [1.165, 1.54) is 28.7 Å². The van der Waals surface area contributed by atoms with Gasteiger partial charge >= 0.3 is 0 Å². The molecule has 1 aliphatic heterocycles. The van der Waals surface area contributed by atoms with Gasteiger partial charge in [0.1, 0.15) is 0 Å². The van der Waals surface area contributed by atoms with Gasteiger partial charge in [-0.1, -0.05) is 65.0 Å². The first-order chi connectivity index (χ1) is 14.6. The van der Waals surface area contributed by atoms with E-state index < -0.39 is 0 Å². The molecule has 0 unspecified atom stereocenters. The van der Waals surface area contributed by atoms with Crippen LogP contribution in [-0.4, -0.2) is 39.4 Å². The zero-order valence-corrected chi connectivity index (χ0v) is 19.6. The summed E-state index contributed by atoms with van der Waals surface area (Å²) in [6.45, 7) is 1.68. The molecule has 1 saturated heterocycles. The maximum atomic E-state index is 12.7. The Morgan fingerprint density at radius 2 is 1.83 bits per heavy atom. The van der Waals surface area contributed by atoms with Crippen molar-refractivity contribution in [2.45, 2.75) is 23.6 Å². The van der Waals surface area contributed by atoms with Crippen LogP contribution >= 0.6 is 46.9 Å². The molecule has 1 amide bonds. The minimum Gasteiger partial charge on any atom is -0.342 e. The largest absolute Gasteiger partial charge is 0.342 e. The number of nitrogens with zero attached hydrogens (tertiary/aromatic N) is 3. The molecule has 156 valence electrons. The number of benzene rings is 2. The molecule has 30 heavy (non-hydrogen) atoms. The maximum Gasteiger partial charge on any atom is 0.233 e. The first-order valence-corrected chi connectivity index (χ1v) is 12.5. The number of rotatable bonds is 6. The van der Waals surface area contributed by atoms with Gasteiger partial charge in [0, 0.05) is 18.1 Å². The van der Waals surface area contributed by atoms with Crippen molar-refractivity contribution in [3.05, 3.63) is 69.1 Å². The minimum absolute atomic E-state index is 0.178. The van der Waals surface area contributed by atoms with Crippen LogP contribution in [0.25, 0.3) is 5.69 Å². The van der Waals surface area contributed by atoms with Gasteiger partial charge in [-0.25, -0.2) is 4.68 Å². The lowest BCUT2D eigenvalue weighted by atomic mass is 9.90. The lowest BCUT2D eigenvalue weighted by molar-refractivity contribution is -0.129. The molecule has 0 saturated carbocycles. The zero-order chi connectivity index (χ0) is 20.9. The number of halogens is 1. The molecule has 1 fully saturated rings.